The normalized spacial score (nSPS) is 11.4. The van der Waals surface area contributed by atoms with E-state index in [9.17, 15) is 9.90 Å². The van der Waals surface area contributed by atoms with Crippen LogP contribution in [0.5, 0.6) is 5.75 Å². The van der Waals surface area contributed by atoms with Gasteiger partial charge in [-0.15, -0.1) is 0 Å². The third-order valence-electron chi connectivity index (χ3n) is 2.73. The first-order chi connectivity index (χ1) is 9.17. The van der Waals surface area contributed by atoms with Gasteiger partial charge >= 0.3 is 5.97 Å². The van der Waals surface area contributed by atoms with Crippen molar-refractivity contribution < 1.29 is 14.6 Å². The van der Waals surface area contributed by atoms with Crippen molar-refractivity contribution in [2.75, 3.05) is 6.61 Å². The Morgan fingerprint density at radius 2 is 1.89 bits per heavy atom. The van der Waals surface area contributed by atoms with Crippen LogP contribution >= 0.6 is 0 Å². The van der Waals surface area contributed by atoms with E-state index in [1.807, 2.05) is 13.0 Å². The monoisotopic (exact) mass is 262 g/mol. The van der Waals surface area contributed by atoms with E-state index in [1.54, 1.807) is 24.3 Å². The number of rotatable bonds is 7. The van der Waals surface area contributed by atoms with E-state index in [4.69, 9.17) is 4.74 Å². The number of benzene rings is 1. The molecule has 0 aromatic heterocycles. The van der Waals surface area contributed by atoms with E-state index in [0.717, 1.165) is 31.2 Å². The van der Waals surface area contributed by atoms with E-state index in [0.29, 0.717) is 12.2 Å². The molecule has 0 saturated carbocycles. The summed E-state index contributed by atoms with van der Waals surface area (Å²) >= 11 is 0. The van der Waals surface area contributed by atoms with Gasteiger partial charge in [0.15, 0.2) is 0 Å². The highest BCUT2D eigenvalue weighted by atomic mass is 16.5. The first-order valence-electron chi connectivity index (χ1n) is 6.84. The number of phenols is 1. The van der Waals surface area contributed by atoms with Crippen LogP contribution in [-0.2, 0) is 9.53 Å². The van der Waals surface area contributed by atoms with Gasteiger partial charge in [0.1, 0.15) is 5.75 Å². The fourth-order valence-corrected chi connectivity index (χ4v) is 1.66. The van der Waals surface area contributed by atoms with E-state index in [1.165, 1.54) is 0 Å². The molecular formula is C16H22O3. The molecule has 1 rings (SSSR count). The van der Waals surface area contributed by atoms with Gasteiger partial charge in [-0.05, 0) is 43.0 Å². The van der Waals surface area contributed by atoms with Gasteiger partial charge in [-0.2, -0.15) is 0 Å². The van der Waals surface area contributed by atoms with Crippen molar-refractivity contribution in [1.29, 1.82) is 0 Å². The predicted octanol–water partition coefficient (Wildman–Crippen LogP) is 3.92. The van der Waals surface area contributed by atoms with E-state index in [-0.39, 0.29) is 11.7 Å². The Hall–Kier alpha value is -1.77. The fraction of sp³-hybridized carbons (Fsp3) is 0.438. The quantitative estimate of drug-likeness (QED) is 0.598. The molecule has 19 heavy (non-hydrogen) atoms. The van der Waals surface area contributed by atoms with Crippen LogP contribution in [0.1, 0.15) is 45.1 Å². The molecule has 0 fully saturated rings. The van der Waals surface area contributed by atoms with Crippen molar-refractivity contribution in [2.24, 2.45) is 0 Å². The minimum atomic E-state index is -0.233. The first kappa shape index (κ1) is 15.3. The van der Waals surface area contributed by atoms with E-state index >= 15 is 0 Å². The Balaban J connectivity index is 2.82. The Morgan fingerprint density at radius 1 is 1.21 bits per heavy atom. The molecular weight excluding hydrogens is 240 g/mol. The van der Waals surface area contributed by atoms with Crippen molar-refractivity contribution >= 4 is 12.0 Å². The molecule has 0 saturated heterocycles. The maximum Gasteiger partial charge on any atom is 0.334 e. The predicted molar refractivity (Wildman–Crippen MR) is 76.9 cm³/mol. The van der Waals surface area contributed by atoms with Crippen molar-refractivity contribution in [1.82, 2.24) is 0 Å². The zero-order valence-corrected chi connectivity index (χ0v) is 11.7. The molecule has 0 aliphatic heterocycles. The lowest BCUT2D eigenvalue weighted by Gasteiger charge is -2.07. The zero-order chi connectivity index (χ0) is 14.1. The smallest absolute Gasteiger partial charge is 0.334 e. The molecule has 0 unspecified atom stereocenters. The molecule has 0 amide bonds. The first-order valence-corrected chi connectivity index (χ1v) is 6.84. The molecule has 1 N–H and O–H groups in total. The van der Waals surface area contributed by atoms with Crippen LogP contribution < -0.4 is 0 Å². The lowest BCUT2D eigenvalue weighted by atomic mass is 10.1. The van der Waals surface area contributed by atoms with Crippen LogP contribution in [0, 0.1) is 0 Å². The Bertz CT molecular complexity index is 418. The van der Waals surface area contributed by atoms with Gasteiger partial charge in [-0.1, -0.05) is 32.4 Å². The van der Waals surface area contributed by atoms with Crippen molar-refractivity contribution in [3.8, 4) is 5.75 Å². The Morgan fingerprint density at radius 3 is 2.47 bits per heavy atom. The summed E-state index contributed by atoms with van der Waals surface area (Å²) in [4.78, 5) is 11.9. The summed E-state index contributed by atoms with van der Waals surface area (Å²) in [5.74, 6) is -0.0100. The van der Waals surface area contributed by atoms with Gasteiger partial charge in [0, 0.05) is 5.57 Å². The van der Waals surface area contributed by atoms with Crippen molar-refractivity contribution in [3.05, 3.63) is 35.4 Å². The van der Waals surface area contributed by atoms with Crippen LogP contribution in [0.15, 0.2) is 29.8 Å². The minimum absolute atomic E-state index is 0.223. The van der Waals surface area contributed by atoms with Crippen molar-refractivity contribution in [2.45, 2.75) is 39.5 Å². The number of carbonyl (C=O) groups excluding carboxylic acids is 1. The molecule has 0 bridgehead atoms. The summed E-state index contributed by atoms with van der Waals surface area (Å²) in [6, 6.07) is 6.80. The summed E-state index contributed by atoms with van der Waals surface area (Å²) in [5, 5.41) is 9.25. The molecule has 1 aromatic carbocycles. The number of carbonyl (C=O) groups is 1. The molecule has 0 radical (unpaired) electrons. The Kier molecular flexibility index (Phi) is 6.72. The second-order valence-corrected chi connectivity index (χ2v) is 4.50. The summed E-state index contributed by atoms with van der Waals surface area (Å²) in [6.07, 6.45) is 5.39. The van der Waals surface area contributed by atoms with E-state index < -0.39 is 0 Å². The third-order valence-corrected chi connectivity index (χ3v) is 2.73. The molecule has 3 nitrogen and oxygen atoms in total. The summed E-state index contributed by atoms with van der Waals surface area (Å²) in [7, 11) is 0. The second-order valence-electron chi connectivity index (χ2n) is 4.50. The lowest BCUT2D eigenvalue weighted by Crippen LogP contribution is -2.08. The van der Waals surface area contributed by atoms with Crippen LogP contribution in [0.2, 0.25) is 0 Å². The molecule has 104 valence electrons. The Labute approximate surface area is 114 Å². The lowest BCUT2D eigenvalue weighted by molar-refractivity contribution is -0.139. The molecule has 1 aromatic rings. The highest BCUT2D eigenvalue weighted by Gasteiger charge is 2.10. The summed E-state index contributed by atoms with van der Waals surface area (Å²) in [5.41, 5.74) is 1.60. The minimum Gasteiger partial charge on any atom is -0.508 e. The molecule has 0 spiro atoms. The number of unbranched alkanes of at least 4 members (excludes halogenated alkanes) is 1. The van der Waals surface area contributed by atoms with Crippen molar-refractivity contribution in [3.63, 3.8) is 0 Å². The van der Waals surface area contributed by atoms with Gasteiger partial charge in [0.2, 0.25) is 0 Å². The molecule has 0 atom stereocenters. The van der Waals surface area contributed by atoms with Crippen LogP contribution in [0.25, 0.3) is 6.08 Å². The number of aromatic hydroxyl groups is 1. The number of phenolic OH excluding ortho intramolecular Hbond substituents is 1. The summed E-state index contributed by atoms with van der Waals surface area (Å²) in [6.45, 7) is 4.52. The average Bonchev–Trinajstić information content (AvgIpc) is 2.42. The number of ether oxygens (including phenoxy) is 1. The number of hydrogen-bond acceptors (Lipinski definition) is 3. The molecule has 0 aliphatic rings. The largest absolute Gasteiger partial charge is 0.508 e. The fourth-order valence-electron chi connectivity index (χ4n) is 1.66. The molecule has 3 heteroatoms. The molecule has 0 heterocycles. The van der Waals surface area contributed by atoms with Crippen LogP contribution in [-0.4, -0.2) is 17.7 Å². The van der Waals surface area contributed by atoms with Gasteiger partial charge in [-0.25, -0.2) is 4.79 Å². The maximum atomic E-state index is 11.9. The standard InChI is InChI=1S/C16H22O3/c1-3-5-6-14(16(18)19-11-4-2)12-13-7-9-15(17)10-8-13/h7-10,12,17H,3-6,11H2,1-2H3. The maximum absolute atomic E-state index is 11.9. The number of esters is 1. The number of hydrogen-bond donors (Lipinski definition) is 1. The highest BCUT2D eigenvalue weighted by molar-refractivity contribution is 5.93. The highest BCUT2D eigenvalue weighted by Crippen LogP contribution is 2.17. The van der Waals surface area contributed by atoms with Gasteiger partial charge in [0.05, 0.1) is 6.61 Å². The van der Waals surface area contributed by atoms with Gasteiger partial charge < -0.3 is 9.84 Å². The van der Waals surface area contributed by atoms with Gasteiger partial charge in [0.25, 0.3) is 0 Å². The topological polar surface area (TPSA) is 46.5 Å². The SMILES string of the molecule is CCCCC(=Cc1ccc(O)cc1)C(=O)OCCC. The van der Waals surface area contributed by atoms with Crippen LogP contribution in [0.3, 0.4) is 0 Å². The zero-order valence-electron chi connectivity index (χ0n) is 11.7. The third kappa shape index (κ3) is 5.60. The molecule has 0 aliphatic carbocycles. The average molecular weight is 262 g/mol. The second kappa shape index (κ2) is 8.35. The van der Waals surface area contributed by atoms with Crippen LogP contribution in [0.4, 0.5) is 0 Å². The van der Waals surface area contributed by atoms with E-state index in [2.05, 4.69) is 6.92 Å². The summed E-state index contributed by atoms with van der Waals surface area (Å²) < 4.78 is 5.19. The van der Waals surface area contributed by atoms with Gasteiger partial charge in [-0.3, -0.25) is 0 Å².